The van der Waals surface area contributed by atoms with Gasteiger partial charge in [0.1, 0.15) is 10.7 Å². The van der Waals surface area contributed by atoms with Crippen LogP contribution in [0.4, 0.5) is 10.2 Å². The monoisotopic (exact) mass is 334 g/mol. The number of carboxylic acid groups (broad SMARTS) is 1. The summed E-state index contributed by atoms with van der Waals surface area (Å²) >= 11 is 5.62. The average Bonchev–Trinajstić information content (AvgIpc) is 2.76. The van der Waals surface area contributed by atoms with Crippen molar-refractivity contribution in [3.8, 4) is 0 Å². The van der Waals surface area contributed by atoms with Gasteiger partial charge in [-0.1, -0.05) is 16.8 Å². The van der Waals surface area contributed by atoms with Gasteiger partial charge in [-0.2, -0.15) is 0 Å². The van der Waals surface area contributed by atoms with Crippen LogP contribution in [0, 0.1) is 12.7 Å². The number of aryl methyl sites for hydroxylation is 1. The molecule has 0 fully saturated rings. The van der Waals surface area contributed by atoms with Crippen LogP contribution in [-0.4, -0.2) is 24.7 Å². The number of hydrogen-bond donors (Lipinski definition) is 2. The van der Waals surface area contributed by atoms with E-state index in [0.717, 1.165) is 12.1 Å². The number of sulfonamides is 1. The van der Waals surface area contributed by atoms with Gasteiger partial charge in [0.2, 0.25) is 0 Å². The van der Waals surface area contributed by atoms with Crippen molar-refractivity contribution in [3.05, 3.63) is 40.4 Å². The zero-order valence-electron chi connectivity index (χ0n) is 10.4. The second-order valence-corrected chi connectivity index (χ2v) is 6.09. The van der Waals surface area contributed by atoms with Crippen LogP contribution in [0.25, 0.3) is 0 Å². The van der Waals surface area contributed by atoms with Gasteiger partial charge in [0, 0.05) is 11.1 Å². The third-order valence-corrected chi connectivity index (χ3v) is 3.96. The van der Waals surface area contributed by atoms with E-state index < -0.39 is 32.3 Å². The molecule has 0 atom stereocenters. The number of aromatic nitrogens is 1. The second-order valence-electron chi connectivity index (χ2n) is 4.00. The molecule has 0 bridgehead atoms. The minimum Gasteiger partial charge on any atom is -0.478 e. The maximum atomic E-state index is 14.0. The minimum absolute atomic E-state index is 0.163. The summed E-state index contributed by atoms with van der Waals surface area (Å²) in [5.74, 6) is -2.88. The van der Waals surface area contributed by atoms with Crippen LogP contribution in [0.15, 0.2) is 27.6 Å². The van der Waals surface area contributed by atoms with Gasteiger partial charge in [-0.05, 0) is 19.1 Å². The fraction of sp³-hybridized carbons (Fsp3) is 0.0909. The van der Waals surface area contributed by atoms with Gasteiger partial charge in [0.25, 0.3) is 10.0 Å². The molecule has 0 aliphatic rings. The molecular weight excluding hydrogens is 327 g/mol. The first-order valence-corrected chi connectivity index (χ1v) is 7.25. The number of carbonyl (C=O) groups is 1. The van der Waals surface area contributed by atoms with Gasteiger partial charge in [0.05, 0.1) is 5.56 Å². The average molecular weight is 335 g/mol. The molecular formula is C11H8ClFN2O5S. The Morgan fingerprint density at radius 2 is 2.10 bits per heavy atom. The van der Waals surface area contributed by atoms with E-state index in [1.807, 2.05) is 4.72 Å². The van der Waals surface area contributed by atoms with Crippen molar-refractivity contribution in [2.24, 2.45) is 0 Å². The van der Waals surface area contributed by atoms with Crippen molar-refractivity contribution in [1.82, 2.24) is 5.16 Å². The van der Waals surface area contributed by atoms with E-state index in [9.17, 15) is 17.6 Å². The topological polar surface area (TPSA) is 110 Å². The maximum absolute atomic E-state index is 14.0. The van der Waals surface area contributed by atoms with Crippen molar-refractivity contribution in [2.75, 3.05) is 4.72 Å². The first-order valence-electron chi connectivity index (χ1n) is 5.39. The molecule has 1 aromatic heterocycles. The molecule has 0 amide bonds. The minimum atomic E-state index is -4.40. The molecule has 10 heteroatoms. The number of hydrogen-bond acceptors (Lipinski definition) is 5. The summed E-state index contributed by atoms with van der Waals surface area (Å²) in [7, 11) is -4.40. The lowest BCUT2D eigenvalue weighted by atomic mass is 10.2. The predicted octanol–water partition coefficient (Wildman–Crippen LogP) is 2.27. The van der Waals surface area contributed by atoms with Crippen LogP contribution in [0.1, 0.15) is 16.1 Å². The summed E-state index contributed by atoms with van der Waals surface area (Å²) in [4.78, 5) is 9.98. The smallest absolute Gasteiger partial charge is 0.338 e. The van der Waals surface area contributed by atoms with Gasteiger partial charge in [-0.25, -0.2) is 17.6 Å². The fourth-order valence-corrected chi connectivity index (χ4v) is 2.91. The second kappa shape index (κ2) is 5.34. The number of nitrogens with one attached hydrogen (secondary N) is 1. The third kappa shape index (κ3) is 3.14. The van der Waals surface area contributed by atoms with E-state index in [-0.39, 0.29) is 10.8 Å². The highest BCUT2D eigenvalue weighted by molar-refractivity contribution is 7.92. The molecule has 112 valence electrons. The van der Waals surface area contributed by atoms with E-state index >= 15 is 0 Å². The van der Waals surface area contributed by atoms with Crippen LogP contribution in [-0.2, 0) is 10.0 Å². The van der Waals surface area contributed by atoms with Crippen molar-refractivity contribution in [2.45, 2.75) is 11.8 Å². The predicted molar refractivity (Wildman–Crippen MR) is 70.4 cm³/mol. The van der Waals surface area contributed by atoms with Crippen LogP contribution >= 0.6 is 11.6 Å². The van der Waals surface area contributed by atoms with E-state index in [4.69, 9.17) is 16.7 Å². The Hall–Kier alpha value is -2.13. The molecule has 2 N–H and O–H groups in total. The quantitative estimate of drug-likeness (QED) is 0.887. The molecule has 7 nitrogen and oxygen atoms in total. The molecule has 2 rings (SSSR count). The Balaban J connectivity index is 2.52. The van der Waals surface area contributed by atoms with Crippen LogP contribution in [0.5, 0.6) is 0 Å². The van der Waals surface area contributed by atoms with Crippen LogP contribution in [0.3, 0.4) is 0 Å². The van der Waals surface area contributed by atoms with Crippen molar-refractivity contribution in [1.29, 1.82) is 0 Å². The molecule has 0 unspecified atom stereocenters. The molecule has 1 aromatic carbocycles. The van der Waals surface area contributed by atoms with Gasteiger partial charge < -0.3 is 9.63 Å². The lowest BCUT2D eigenvalue weighted by Crippen LogP contribution is -2.16. The highest BCUT2D eigenvalue weighted by Crippen LogP contribution is 2.25. The summed E-state index contributed by atoms with van der Waals surface area (Å²) < 4.78 is 44.8. The highest BCUT2D eigenvalue weighted by Gasteiger charge is 2.26. The molecule has 0 radical (unpaired) electrons. The normalized spacial score (nSPS) is 11.4. The van der Waals surface area contributed by atoms with Crippen molar-refractivity contribution >= 4 is 33.4 Å². The summed E-state index contributed by atoms with van der Waals surface area (Å²) in [6, 6.07) is 2.90. The fourth-order valence-electron chi connectivity index (χ4n) is 1.52. The molecule has 21 heavy (non-hydrogen) atoms. The van der Waals surface area contributed by atoms with Crippen LogP contribution < -0.4 is 4.72 Å². The standard InChI is InChI=1S/C11H8ClFN2O5S/c1-5-2-9(14-20-5)15-21(18,19)8-4-6(12)3-7(10(8)13)11(16)17/h2-4H,1H3,(H,14,15)(H,16,17). The number of anilines is 1. The molecule has 2 aromatic rings. The summed E-state index contributed by atoms with van der Waals surface area (Å²) in [5, 5.41) is 12.0. The summed E-state index contributed by atoms with van der Waals surface area (Å²) in [6.45, 7) is 1.54. The van der Waals surface area contributed by atoms with Gasteiger partial charge >= 0.3 is 5.97 Å². The Kier molecular flexibility index (Phi) is 3.88. The molecule has 0 saturated heterocycles. The largest absolute Gasteiger partial charge is 0.478 e. The van der Waals surface area contributed by atoms with Crippen molar-refractivity contribution in [3.63, 3.8) is 0 Å². The molecule has 0 spiro atoms. The lowest BCUT2D eigenvalue weighted by Gasteiger charge is -2.08. The van der Waals surface area contributed by atoms with Gasteiger partial charge in [0.15, 0.2) is 11.6 Å². The number of aromatic carboxylic acids is 1. The Morgan fingerprint density at radius 3 is 2.62 bits per heavy atom. The van der Waals surface area contributed by atoms with Crippen LogP contribution in [0.2, 0.25) is 5.02 Å². The van der Waals surface area contributed by atoms with E-state index in [0.29, 0.717) is 5.76 Å². The van der Waals surface area contributed by atoms with E-state index in [1.54, 1.807) is 0 Å². The number of benzene rings is 1. The van der Waals surface area contributed by atoms with E-state index in [2.05, 4.69) is 9.68 Å². The van der Waals surface area contributed by atoms with Crippen molar-refractivity contribution < 1.29 is 27.2 Å². The molecule has 0 saturated carbocycles. The number of halogens is 2. The number of nitrogens with zero attached hydrogens (tertiary/aromatic N) is 1. The molecule has 0 aliphatic heterocycles. The van der Waals surface area contributed by atoms with Gasteiger partial charge in [-0.15, -0.1) is 0 Å². The molecule has 0 aliphatic carbocycles. The highest BCUT2D eigenvalue weighted by atomic mass is 35.5. The number of rotatable bonds is 4. The SMILES string of the molecule is Cc1cc(NS(=O)(=O)c2cc(Cl)cc(C(=O)O)c2F)no1. The summed E-state index contributed by atoms with van der Waals surface area (Å²) in [6.07, 6.45) is 0. The zero-order valence-corrected chi connectivity index (χ0v) is 12.0. The Bertz CT molecular complexity index is 818. The summed E-state index contributed by atoms with van der Waals surface area (Å²) in [5.41, 5.74) is -0.848. The van der Waals surface area contributed by atoms with E-state index in [1.165, 1.54) is 13.0 Å². The van der Waals surface area contributed by atoms with Gasteiger partial charge in [-0.3, -0.25) is 4.72 Å². The zero-order chi connectivity index (χ0) is 15.8. The lowest BCUT2D eigenvalue weighted by molar-refractivity contribution is 0.0691. The first-order chi connectivity index (χ1) is 9.70. The third-order valence-electron chi connectivity index (χ3n) is 2.39. The Morgan fingerprint density at radius 1 is 1.43 bits per heavy atom. The number of carboxylic acids is 1. The maximum Gasteiger partial charge on any atom is 0.338 e. The first kappa shape index (κ1) is 15.3. The molecule has 1 heterocycles. The Labute approximate surface area is 123 Å².